The molecule has 1 heterocycles. The summed E-state index contributed by atoms with van der Waals surface area (Å²) in [6, 6.07) is 19.6. The first-order chi connectivity index (χ1) is 18.7. The summed E-state index contributed by atoms with van der Waals surface area (Å²) in [6.07, 6.45) is 0.354. The van der Waals surface area contributed by atoms with Gasteiger partial charge in [-0.2, -0.15) is 0 Å². The molecule has 3 aromatic carbocycles. The molecule has 0 bridgehead atoms. The average Bonchev–Trinajstić information content (AvgIpc) is 2.95. The molecular formula is C29H33N3O6S. The fraction of sp³-hybridized carbons (Fsp3) is 0.310. The fourth-order valence-corrected chi connectivity index (χ4v) is 5.96. The highest BCUT2D eigenvalue weighted by atomic mass is 32.2. The Bertz CT molecular complexity index is 1430. The van der Waals surface area contributed by atoms with Crippen LogP contribution in [-0.2, 0) is 26.2 Å². The van der Waals surface area contributed by atoms with Crippen molar-refractivity contribution in [2.75, 3.05) is 31.1 Å². The van der Waals surface area contributed by atoms with Crippen LogP contribution in [0.3, 0.4) is 0 Å². The van der Waals surface area contributed by atoms with Gasteiger partial charge in [0.15, 0.2) is 11.5 Å². The minimum atomic E-state index is -4.16. The molecular weight excluding hydrogens is 518 g/mol. The predicted octanol–water partition coefficient (Wildman–Crippen LogP) is 3.51. The van der Waals surface area contributed by atoms with Crippen LogP contribution in [0.1, 0.15) is 24.5 Å². The molecule has 0 saturated carbocycles. The number of sulfonamides is 1. The number of nitrogens with one attached hydrogen (secondary N) is 1. The minimum absolute atomic E-state index is 0.0382. The number of carbonyl (C=O) groups is 2. The molecule has 0 radical (unpaired) electrons. The Balaban J connectivity index is 1.76. The molecule has 0 unspecified atom stereocenters. The Hall–Kier alpha value is -4.05. The lowest BCUT2D eigenvalue weighted by Crippen LogP contribution is -2.51. The van der Waals surface area contributed by atoms with Crippen LogP contribution >= 0.6 is 0 Å². The zero-order valence-corrected chi connectivity index (χ0v) is 23.1. The number of aryl methyl sites for hydroxylation is 1. The lowest BCUT2D eigenvalue weighted by Gasteiger charge is -2.33. The molecule has 1 atom stereocenters. The maximum absolute atomic E-state index is 14.0. The number of carbonyl (C=O) groups excluding carboxylic acids is 2. The molecule has 39 heavy (non-hydrogen) atoms. The summed E-state index contributed by atoms with van der Waals surface area (Å²) in [6.45, 7) is 4.11. The van der Waals surface area contributed by atoms with Crippen LogP contribution in [0, 0.1) is 6.92 Å². The highest BCUT2D eigenvalue weighted by Crippen LogP contribution is 2.36. The van der Waals surface area contributed by atoms with E-state index in [1.807, 2.05) is 38.1 Å². The molecule has 3 aromatic rings. The third-order valence-electron chi connectivity index (χ3n) is 6.49. The van der Waals surface area contributed by atoms with Crippen LogP contribution in [0.15, 0.2) is 77.7 Å². The summed E-state index contributed by atoms with van der Waals surface area (Å²) in [5, 5.41) is 2.63. The Kier molecular flexibility index (Phi) is 8.75. The van der Waals surface area contributed by atoms with Gasteiger partial charge in [0.05, 0.1) is 10.6 Å². The van der Waals surface area contributed by atoms with E-state index < -0.39 is 28.5 Å². The number of anilines is 1. The van der Waals surface area contributed by atoms with E-state index in [0.717, 1.165) is 15.4 Å². The van der Waals surface area contributed by atoms with Crippen LogP contribution in [0.4, 0.5) is 5.69 Å². The zero-order valence-electron chi connectivity index (χ0n) is 22.3. The lowest BCUT2D eigenvalue weighted by atomic mass is 10.1. The second-order valence-electron chi connectivity index (χ2n) is 9.20. The lowest BCUT2D eigenvalue weighted by molar-refractivity contribution is -0.140. The molecule has 2 amide bonds. The molecule has 1 aliphatic heterocycles. The number of likely N-dealkylation sites (N-methyl/N-ethyl adjacent to an activating group) is 1. The molecule has 1 N–H and O–H groups in total. The number of hydrogen-bond donors (Lipinski definition) is 1. The summed E-state index contributed by atoms with van der Waals surface area (Å²) in [7, 11) is -2.64. The number of fused-ring (bicyclic) bond motifs is 1. The second kappa shape index (κ2) is 12.2. The quantitative estimate of drug-likeness (QED) is 0.414. The number of rotatable bonds is 10. The first-order valence-electron chi connectivity index (χ1n) is 12.8. The molecule has 9 nitrogen and oxygen atoms in total. The summed E-state index contributed by atoms with van der Waals surface area (Å²) in [4.78, 5) is 28.3. The summed E-state index contributed by atoms with van der Waals surface area (Å²) in [5.74, 6) is 0.0599. The van der Waals surface area contributed by atoms with E-state index in [1.165, 1.54) is 24.1 Å². The van der Waals surface area contributed by atoms with Crippen molar-refractivity contribution < 1.29 is 27.5 Å². The third kappa shape index (κ3) is 6.34. The van der Waals surface area contributed by atoms with Crippen LogP contribution in [-0.4, -0.2) is 58.0 Å². The average molecular weight is 552 g/mol. The highest BCUT2D eigenvalue weighted by molar-refractivity contribution is 7.92. The van der Waals surface area contributed by atoms with Crippen molar-refractivity contribution in [3.8, 4) is 11.5 Å². The minimum Gasteiger partial charge on any atom is -0.486 e. The van der Waals surface area contributed by atoms with Crippen LogP contribution in [0.2, 0.25) is 0 Å². The van der Waals surface area contributed by atoms with E-state index in [4.69, 9.17) is 9.47 Å². The van der Waals surface area contributed by atoms with Gasteiger partial charge in [-0.3, -0.25) is 13.9 Å². The van der Waals surface area contributed by atoms with Gasteiger partial charge in [0.2, 0.25) is 11.8 Å². The van der Waals surface area contributed by atoms with E-state index >= 15 is 0 Å². The van der Waals surface area contributed by atoms with Gasteiger partial charge < -0.3 is 19.7 Å². The Morgan fingerprint density at radius 1 is 0.949 bits per heavy atom. The molecule has 4 rings (SSSR count). The zero-order chi connectivity index (χ0) is 28.0. The van der Waals surface area contributed by atoms with Gasteiger partial charge in [0.25, 0.3) is 10.0 Å². The van der Waals surface area contributed by atoms with Gasteiger partial charge >= 0.3 is 0 Å². The van der Waals surface area contributed by atoms with Gasteiger partial charge in [0.1, 0.15) is 25.8 Å². The highest BCUT2D eigenvalue weighted by Gasteiger charge is 2.34. The van der Waals surface area contributed by atoms with Crippen molar-refractivity contribution in [2.45, 2.75) is 37.8 Å². The molecule has 206 valence electrons. The topological polar surface area (TPSA) is 105 Å². The van der Waals surface area contributed by atoms with Gasteiger partial charge in [0, 0.05) is 19.7 Å². The van der Waals surface area contributed by atoms with E-state index in [9.17, 15) is 18.0 Å². The Labute approximate surface area is 229 Å². The number of amides is 2. The van der Waals surface area contributed by atoms with Crippen molar-refractivity contribution in [1.82, 2.24) is 10.2 Å². The van der Waals surface area contributed by atoms with Crippen molar-refractivity contribution >= 4 is 27.5 Å². The Morgan fingerprint density at radius 2 is 1.67 bits per heavy atom. The second-order valence-corrected chi connectivity index (χ2v) is 11.1. The SMILES string of the molecule is CC[C@@H](C(=O)NC)N(Cc1cccc(C)c1)C(=O)CN(c1ccc2c(c1)OCCO2)S(=O)(=O)c1ccccc1. The van der Waals surface area contributed by atoms with E-state index in [-0.39, 0.29) is 23.0 Å². The molecule has 0 aliphatic carbocycles. The summed E-state index contributed by atoms with van der Waals surface area (Å²) >= 11 is 0. The number of benzene rings is 3. The number of ether oxygens (including phenoxy) is 2. The summed E-state index contributed by atoms with van der Waals surface area (Å²) < 4.78 is 40.1. The van der Waals surface area contributed by atoms with Crippen molar-refractivity contribution in [3.63, 3.8) is 0 Å². The first kappa shape index (κ1) is 28.0. The predicted molar refractivity (Wildman–Crippen MR) is 148 cm³/mol. The Morgan fingerprint density at radius 3 is 2.33 bits per heavy atom. The summed E-state index contributed by atoms with van der Waals surface area (Å²) in [5.41, 5.74) is 2.10. The van der Waals surface area contributed by atoms with Crippen molar-refractivity contribution in [2.24, 2.45) is 0 Å². The maximum Gasteiger partial charge on any atom is 0.264 e. The normalized spacial score (nSPS) is 13.3. The van der Waals surface area contributed by atoms with Gasteiger partial charge in [-0.15, -0.1) is 0 Å². The van der Waals surface area contributed by atoms with E-state index in [1.54, 1.807) is 36.4 Å². The number of hydrogen-bond acceptors (Lipinski definition) is 6. The molecule has 0 aromatic heterocycles. The molecule has 10 heteroatoms. The van der Waals surface area contributed by atoms with E-state index in [2.05, 4.69) is 5.32 Å². The van der Waals surface area contributed by atoms with E-state index in [0.29, 0.717) is 31.1 Å². The van der Waals surface area contributed by atoms with Gasteiger partial charge in [-0.25, -0.2) is 8.42 Å². The number of nitrogens with zero attached hydrogens (tertiary/aromatic N) is 2. The molecule has 0 fully saturated rings. The first-order valence-corrected chi connectivity index (χ1v) is 14.2. The van der Waals surface area contributed by atoms with Gasteiger partial charge in [-0.1, -0.05) is 55.0 Å². The van der Waals surface area contributed by atoms with Crippen LogP contribution in [0.25, 0.3) is 0 Å². The smallest absolute Gasteiger partial charge is 0.264 e. The van der Waals surface area contributed by atoms with Crippen LogP contribution in [0.5, 0.6) is 11.5 Å². The molecule has 1 aliphatic rings. The molecule has 0 spiro atoms. The standard InChI is InChI=1S/C29H33N3O6S/c1-4-25(29(34)30-3)31(19-22-10-8-9-21(2)17-22)28(33)20-32(39(35,36)24-11-6-5-7-12-24)23-13-14-26-27(18-23)38-16-15-37-26/h5-14,17-18,25H,4,15-16,19-20H2,1-3H3,(H,30,34)/t25-/m0/s1. The largest absolute Gasteiger partial charge is 0.486 e. The third-order valence-corrected chi connectivity index (χ3v) is 8.28. The van der Waals surface area contributed by atoms with Crippen LogP contribution < -0.4 is 19.1 Å². The van der Waals surface area contributed by atoms with Crippen molar-refractivity contribution in [1.29, 1.82) is 0 Å². The van der Waals surface area contributed by atoms with Crippen molar-refractivity contribution in [3.05, 3.63) is 83.9 Å². The maximum atomic E-state index is 14.0. The van der Waals surface area contributed by atoms with Gasteiger partial charge in [-0.05, 0) is 43.2 Å². The fourth-order valence-electron chi connectivity index (χ4n) is 4.53. The monoisotopic (exact) mass is 551 g/mol. The molecule has 0 saturated heterocycles.